The van der Waals surface area contributed by atoms with E-state index < -0.39 is 5.82 Å². The quantitative estimate of drug-likeness (QED) is 0.831. The van der Waals surface area contributed by atoms with Gasteiger partial charge in [-0.2, -0.15) is 0 Å². The van der Waals surface area contributed by atoms with Crippen LogP contribution in [0.5, 0.6) is 0 Å². The lowest BCUT2D eigenvalue weighted by Crippen LogP contribution is -2.36. The number of para-hydroxylation sites is 1. The van der Waals surface area contributed by atoms with Crippen molar-refractivity contribution in [1.29, 1.82) is 0 Å². The van der Waals surface area contributed by atoms with Gasteiger partial charge in [-0.3, -0.25) is 0 Å². The number of halogens is 1. The summed E-state index contributed by atoms with van der Waals surface area (Å²) in [5.41, 5.74) is 0.287. The summed E-state index contributed by atoms with van der Waals surface area (Å²) in [4.78, 5) is 14.8. The fourth-order valence-corrected chi connectivity index (χ4v) is 5.25. The van der Waals surface area contributed by atoms with Crippen LogP contribution >= 0.6 is 0 Å². The molecule has 6 nitrogen and oxygen atoms in total. The first-order chi connectivity index (χ1) is 14.1. The summed E-state index contributed by atoms with van der Waals surface area (Å²) in [5.74, 6) is 1.55. The molecule has 3 aliphatic rings. The average molecular weight is 397 g/mol. The van der Waals surface area contributed by atoms with Crippen molar-refractivity contribution < 1.29 is 9.18 Å². The van der Waals surface area contributed by atoms with E-state index in [-0.39, 0.29) is 23.1 Å². The van der Waals surface area contributed by atoms with Crippen molar-refractivity contribution in [1.82, 2.24) is 19.7 Å². The minimum Gasteiger partial charge on any atom is -0.323 e. The summed E-state index contributed by atoms with van der Waals surface area (Å²) in [6, 6.07) is 6.10. The number of anilines is 1. The van der Waals surface area contributed by atoms with Crippen LogP contribution in [-0.2, 0) is 6.54 Å². The van der Waals surface area contributed by atoms with Crippen LogP contribution in [0.1, 0.15) is 56.7 Å². The molecule has 0 bridgehead atoms. The van der Waals surface area contributed by atoms with Crippen molar-refractivity contribution in [2.45, 2.75) is 57.4 Å². The fourth-order valence-electron chi connectivity index (χ4n) is 5.25. The van der Waals surface area contributed by atoms with E-state index in [1.165, 1.54) is 38.2 Å². The summed E-state index contributed by atoms with van der Waals surface area (Å²) >= 11 is 0. The molecule has 3 fully saturated rings. The minimum atomic E-state index is -0.409. The lowest BCUT2D eigenvalue weighted by Gasteiger charge is -2.37. The number of carbonyl (C=O) groups excluding carboxylic acids is 1. The van der Waals surface area contributed by atoms with Gasteiger partial charge in [-0.25, -0.2) is 9.18 Å². The standard InChI is InChI=1S/C22H28FN5O/c23-18-6-2-3-7-19(18)25-21(29)27-13-17(22(14-27)10-4-1-5-11-22)20-26-24-15-28(20)12-16-8-9-16/h2-3,6-7,15-17H,1,4-5,8-14H2,(H,25,29). The van der Waals surface area contributed by atoms with Gasteiger partial charge in [-0.15, -0.1) is 10.2 Å². The number of amides is 2. The lowest BCUT2D eigenvalue weighted by atomic mass is 9.67. The van der Waals surface area contributed by atoms with E-state index in [1.54, 1.807) is 18.2 Å². The van der Waals surface area contributed by atoms with Crippen LogP contribution < -0.4 is 5.32 Å². The van der Waals surface area contributed by atoms with Gasteiger partial charge in [0.15, 0.2) is 0 Å². The van der Waals surface area contributed by atoms with Gasteiger partial charge in [-0.1, -0.05) is 31.4 Å². The number of nitrogens with one attached hydrogen (secondary N) is 1. The number of urea groups is 1. The van der Waals surface area contributed by atoms with Crippen molar-refractivity contribution in [3.8, 4) is 0 Å². The molecular formula is C22H28FN5O. The molecule has 1 aromatic carbocycles. The molecule has 2 aromatic rings. The lowest BCUT2D eigenvalue weighted by molar-refractivity contribution is 0.167. The third-order valence-electron chi connectivity index (χ3n) is 7.01. The van der Waals surface area contributed by atoms with Gasteiger partial charge < -0.3 is 14.8 Å². The highest BCUT2D eigenvalue weighted by molar-refractivity contribution is 5.89. The molecule has 2 aliphatic carbocycles. The molecule has 2 amide bonds. The highest BCUT2D eigenvalue weighted by Gasteiger charge is 2.50. The normalized spacial score (nSPS) is 23.5. The van der Waals surface area contributed by atoms with Crippen LogP contribution in [0, 0.1) is 17.2 Å². The second-order valence-corrected chi connectivity index (χ2v) is 9.05. The van der Waals surface area contributed by atoms with Crippen molar-refractivity contribution in [2.24, 2.45) is 11.3 Å². The summed E-state index contributed by atoms with van der Waals surface area (Å²) in [6.07, 6.45) is 10.3. The Bertz CT molecular complexity index is 887. The maximum absolute atomic E-state index is 14.0. The maximum atomic E-state index is 14.0. The molecule has 1 saturated heterocycles. The largest absolute Gasteiger partial charge is 0.323 e. The predicted molar refractivity (Wildman–Crippen MR) is 108 cm³/mol. The first-order valence-electron chi connectivity index (χ1n) is 10.8. The molecule has 7 heteroatoms. The Balaban J connectivity index is 1.39. The SMILES string of the molecule is O=C(Nc1ccccc1F)N1CC(c2nncn2CC2CC2)C2(CCCCC2)C1. The minimum absolute atomic E-state index is 0.0547. The Morgan fingerprint density at radius 2 is 2.00 bits per heavy atom. The Labute approximate surface area is 170 Å². The summed E-state index contributed by atoms with van der Waals surface area (Å²) in [6.45, 7) is 2.30. The zero-order chi connectivity index (χ0) is 19.8. The number of nitrogens with zero attached hydrogens (tertiary/aromatic N) is 4. The molecule has 154 valence electrons. The summed E-state index contributed by atoms with van der Waals surface area (Å²) in [5, 5.41) is 11.5. The Hall–Kier alpha value is -2.44. The molecule has 1 N–H and O–H groups in total. The third kappa shape index (κ3) is 3.63. The van der Waals surface area contributed by atoms with Crippen molar-refractivity contribution in [3.05, 3.63) is 42.2 Å². The molecule has 1 atom stereocenters. The number of rotatable bonds is 4. The van der Waals surface area contributed by atoms with Crippen LogP contribution in [0.15, 0.2) is 30.6 Å². The van der Waals surface area contributed by atoms with Gasteiger partial charge >= 0.3 is 6.03 Å². The first kappa shape index (κ1) is 18.6. The topological polar surface area (TPSA) is 63.1 Å². The molecule has 1 unspecified atom stereocenters. The van der Waals surface area contributed by atoms with E-state index in [9.17, 15) is 9.18 Å². The predicted octanol–water partition coefficient (Wildman–Crippen LogP) is 4.41. The van der Waals surface area contributed by atoms with E-state index in [1.807, 2.05) is 11.2 Å². The molecule has 29 heavy (non-hydrogen) atoms. The van der Waals surface area contributed by atoms with E-state index in [0.717, 1.165) is 31.1 Å². The molecule has 2 heterocycles. The molecule has 1 spiro atoms. The van der Waals surface area contributed by atoms with Crippen molar-refractivity contribution in [3.63, 3.8) is 0 Å². The zero-order valence-corrected chi connectivity index (χ0v) is 16.7. The van der Waals surface area contributed by atoms with E-state index in [4.69, 9.17) is 0 Å². The van der Waals surface area contributed by atoms with Gasteiger partial charge in [0.2, 0.25) is 0 Å². The summed E-state index contributed by atoms with van der Waals surface area (Å²) < 4.78 is 16.2. The van der Waals surface area contributed by atoms with Crippen molar-refractivity contribution >= 4 is 11.7 Å². The van der Waals surface area contributed by atoms with E-state index in [0.29, 0.717) is 13.1 Å². The van der Waals surface area contributed by atoms with Crippen LogP contribution in [0.25, 0.3) is 0 Å². The van der Waals surface area contributed by atoms with Gasteiger partial charge in [0.25, 0.3) is 0 Å². The van der Waals surface area contributed by atoms with E-state index >= 15 is 0 Å². The van der Waals surface area contributed by atoms with Crippen LogP contribution in [0.2, 0.25) is 0 Å². The van der Waals surface area contributed by atoms with Gasteiger partial charge in [-0.05, 0) is 49.1 Å². The number of carbonyl (C=O) groups is 1. The third-order valence-corrected chi connectivity index (χ3v) is 7.01. The number of aromatic nitrogens is 3. The highest BCUT2D eigenvalue weighted by atomic mass is 19.1. The molecule has 1 aliphatic heterocycles. The van der Waals surface area contributed by atoms with Gasteiger partial charge in [0, 0.05) is 25.6 Å². The smallest absolute Gasteiger partial charge is 0.321 e. The first-order valence-corrected chi connectivity index (χ1v) is 10.8. The fraction of sp³-hybridized carbons (Fsp3) is 0.591. The average Bonchev–Trinajstić information content (AvgIpc) is 3.31. The number of hydrogen-bond donors (Lipinski definition) is 1. The molecule has 0 radical (unpaired) electrons. The Morgan fingerprint density at radius 1 is 1.21 bits per heavy atom. The Morgan fingerprint density at radius 3 is 2.76 bits per heavy atom. The Kier molecular flexibility index (Phi) is 4.76. The van der Waals surface area contributed by atoms with Crippen molar-refractivity contribution in [2.75, 3.05) is 18.4 Å². The second kappa shape index (κ2) is 7.43. The number of benzene rings is 1. The van der Waals surface area contributed by atoms with Gasteiger partial charge in [0.1, 0.15) is 18.0 Å². The highest BCUT2D eigenvalue weighted by Crippen LogP contribution is 2.52. The molecular weight excluding hydrogens is 369 g/mol. The van der Waals surface area contributed by atoms with Crippen LogP contribution in [0.4, 0.5) is 14.9 Å². The second-order valence-electron chi connectivity index (χ2n) is 9.05. The molecule has 5 rings (SSSR count). The van der Waals surface area contributed by atoms with Crippen LogP contribution in [0.3, 0.4) is 0 Å². The number of hydrogen-bond acceptors (Lipinski definition) is 3. The van der Waals surface area contributed by atoms with E-state index in [2.05, 4.69) is 20.1 Å². The monoisotopic (exact) mass is 397 g/mol. The number of likely N-dealkylation sites (tertiary alicyclic amines) is 1. The maximum Gasteiger partial charge on any atom is 0.321 e. The molecule has 2 saturated carbocycles. The van der Waals surface area contributed by atoms with Crippen LogP contribution in [-0.4, -0.2) is 38.8 Å². The summed E-state index contributed by atoms with van der Waals surface area (Å²) in [7, 11) is 0. The zero-order valence-electron chi connectivity index (χ0n) is 16.7. The van der Waals surface area contributed by atoms with Gasteiger partial charge in [0.05, 0.1) is 5.69 Å². The molecule has 1 aromatic heterocycles.